The molecule has 2 rings (SSSR count). The molecule has 0 saturated heterocycles. The third-order valence-electron chi connectivity index (χ3n) is 4.63. The Kier molecular flexibility index (Phi) is 7.80. The van der Waals surface area contributed by atoms with Gasteiger partial charge in [0.15, 0.2) is 0 Å². The van der Waals surface area contributed by atoms with Crippen molar-refractivity contribution in [3.05, 3.63) is 18.2 Å². The molecular weight excluding hydrogens is 236 g/mol. The maximum absolute atomic E-state index is 7.00. The molecule has 1 aromatic heterocycles. The summed E-state index contributed by atoms with van der Waals surface area (Å²) in [6.07, 6.45) is 13.5. The van der Waals surface area contributed by atoms with Crippen LogP contribution in [0.2, 0.25) is 0 Å². The highest BCUT2D eigenvalue weighted by molar-refractivity contribution is 5.02. The summed E-state index contributed by atoms with van der Waals surface area (Å²) in [6.45, 7) is 4.65. The molecule has 3 heteroatoms. The van der Waals surface area contributed by atoms with E-state index in [9.17, 15) is 0 Å². The summed E-state index contributed by atoms with van der Waals surface area (Å²) in [5.74, 6) is 3.76. The van der Waals surface area contributed by atoms with Crippen LogP contribution in [0.15, 0.2) is 12.4 Å². The van der Waals surface area contributed by atoms with Gasteiger partial charge in [-0.15, -0.1) is 0 Å². The van der Waals surface area contributed by atoms with Crippen LogP contribution in [0.1, 0.15) is 70.5 Å². The van der Waals surface area contributed by atoms with Gasteiger partial charge in [0.2, 0.25) is 0 Å². The van der Waals surface area contributed by atoms with Crippen molar-refractivity contribution >= 4 is 0 Å². The fraction of sp³-hybridized carbons (Fsp3) is 0.812. The van der Waals surface area contributed by atoms with Crippen LogP contribution < -0.4 is 0 Å². The van der Waals surface area contributed by atoms with Crippen LogP contribution in [-0.2, 0) is 0 Å². The summed E-state index contributed by atoms with van der Waals surface area (Å²) in [5.41, 5.74) is 0. The summed E-state index contributed by atoms with van der Waals surface area (Å²) >= 11 is 0. The normalized spacial score (nSPS) is 22.4. The van der Waals surface area contributed by atoms with E-state index in [1.165, 1.54) is 50.8 Å². The van der Waals surface area contributed by atoms with Gasteiger partial charge in [-0.05, 0) is 31.1 Å². The Bertz CT molecular complexity index is 307. The second-order valence-corrected chi connectivity index (χ2v) is 5.53. The van der Waals surface area contributed by atoms with E-state index in [1.807, 2.05) is 12.4 Å². The van der Waals surface area contributed by atoms with Crippen molar-refractivity contribution in [2.75, 3.05) is 7.11 Å². The van der Waals surface area contributed by atoms with Gasteiger partial charge in [0.1, 0.15) is 5.82 Å². The molecule has 0 aromatic carbocycles. The molecule has 1 aliphatic rings. The van der Waals surface area contributed by atoms with Crippen LogP contribution in [0.3, 0.4) is 0 Å². The Morgan fingerprint density at radius 1 is 1.32 bits per heavy atom. The molecule has 1 unspecified atom stereocenters. The number of hydrogen-bond donors (Lipinski definition) is 2. The van der Waals surface area contributed by atoms with E-state index in [1.54, 1.807) is 0 Å². The number of aromatic nitrogens is 2. The van der Waals surface area contributed by atoms with Gasteiger partial charge in [-0.3, -0.25) is 0 Å². The Morgan fingerprint density at radius 2 is 2.05 bits per heavy atom. The molecule has 1 saturated carbocycles. The van der Waals surface area contributed by atoms with Crippen molar-refractivity contribution in [1.29, 1.82) is 0 Å². The van der Waals surface area contributed by atoms with Gasteiger partial charge in [-0.1, -0.05) is 39.5 Å². The zero-order valence-electron chi connectivity index (χ0n) is 12.7. The summed E-state index contributed by atoms with van der Waals surface area (Å²) in [4.78, 5) is 7.77. The average molecular weight is 266 g/mol. The zero-order chi connectivity index (χ0) is 14.1. The Morgan fingerprint density at radius 3 is 2.63 bits per heavy atom. The van der Waals surface area contributed by atoms with Gasteiger partial charge in [-0.25, -0.2) is 4.98 Å². The minimum absolute atomic E-state index is 0.708. The van der Waals surface area contributed by atoms with E-state index in [-0.39, 0.29) is 0 Å². The lowest BCUT2D eigenvalue weighted by Crippen LogP contribution is -2.10. The van der Waals surface area contributed by atoms with E-state index in [4.69, 9.17) is 5.11 Å². The third-order valence-corrected chi connectivity index (χ3v) is 4.63. The first-order valence-electron chi connectivity index (χ1n) is 7.79. The van der Waals surface area contributed by atoms with Crippen LogP contribution in [0.4, 0.5) is 0 Å². The van der Waals surface area contributed by atoms with Crippen molar-refractivity contribution in [1.82, 2.24) is 9.97 Å². The highest BCUT2D eigenvalue weighted by Gasteiger charge is 2.30. The molecule has 0 aliphatic heterocycles. The number of imidazole rings is 1. The van der Waals surface area contributed by atoms with Gasteiger partial charge in [0.05, 0.1) is 0 Å². The number of H-pyrrole nitrogens is 1. The standard InChI is InChI=1S/C15H26N2.CH4O/c1-3-12(4-2)8-9-13-6-5-7-14(13)15-16-10-11-17-15;1-2/h10-14H,3-9H2,1-2H3,(H,16,17);2H,1H3/t13?,14-;/m1./s1. The lowest BCUT2D eigenvalue weighted by molar-refractivity contribution is 0.356. The molecule has 3 nitrogen and oxygen atoms in total. The van der Waals surface area contributed by atoms with E-state index in [2.05, 4.69) is 23.8 Å². The SMILES string of the molecule is CCC(CC)CCC1CCC[C@H]1c1ncc[nH]1.CO. The van der Waals surface area contributed by atoms with Gasteiger partial charge in [0, 0.05) is 25.4 Å². The van der Waals surface area contributed by atoms with Crippen molar-refractivity contribution in [2.24, 2.45) is 11.8 Å². The van der Waals surface area contributed by atoms with E-state index in [0.29, 0.717) is 5.92 Å². The van der Waals surface area contributed by atoms with Gasteiger partial charge in [-0.2, -0.15) is 0 Å². The molecule has 0 bridgehead atoms. The maximum Gasteiger partial charge on any atom is 0.109 e. The average Bonchev–Trinajstić information content (AvgIpc) is 3.12. The largest absolute Gasteiger partial charge is 0.400 e. The van der Waals surface area contributed by atoms with E-state index >= 15 is 0 Å². The van der Waals surface area contributed by atoms with Crippen molar-refractivity contribution in [3.8, 4) is 0 Å². The number of nitrogens with zero attached hydrogens (tertiary/aromatic N) is 1. The lowest BCUT2D eigenvalue weighted by Gasteiger charge is -2.20. The predicted molar refractivity (Wildman–Crippen MR) is 80.1 cm³/mol. The molecule has 0 amide bonds. The number of aliphatic hydroxyl groups is 1. The zero-order valence-corrected chi connectivity index (χ0v) is 12.7. The van der Waals surface area contributed by atoms with Crippen LogP contribution in [0.25, 0.3) is 0 Å². The fourth-order valence-electron chi connectivity index (χ4n) is 3.37. The maximum atomic E-state index is 7.00. The van der Waals surface area contributed by atoms with Crippen molar-refractivity contribution < 1.29 is 5.11 Å². The van der Waals surface area contributed by atoms with Crippen molar-refractivity contribution in [2.45, 2.75) is 64.7 Å². The van der Waals surface area contributed by atoms with Gasteiger partial charge < -0.3 is 10.1 Å². The van der Waals surface area contributed by atoms with E-state index < -0.39 is 0 Å². The molecule has 1 fully saturated rings. The molecule has 0 spiro atoms. The number of aromatic amines is 1. The minimum Gasteiger partial charge on any atom is -0.400 e. The lowest BCUT2D eigenvalue weighted by atomic mass is 9.86. The minimum atomic E-state index is 0.708. The topological polar surface area (TPSA) is 48.9 Å². The predicted octanol–water partition coefficient (Wildman–Crippen LogP) is 4.12. The van der Waals surface area contributed by atoms with Crippen LogP contribution >= 0.6 is 0 Å². The second kappa shape index (κ2) is 9.13. The Balaban J connectivity index is 0.000000861. The molecule has 110 valence electrons. The molecule has 0 radical (unpaired) electrons. The second-order valence-electron chi connectivity index (χ2n) is 5.53. The first kappa shape index (κ1) is 16.2. The molecule has 1 aromatic rings. The molecular formula is C16H30N2O. The smallest absolute Gasteiger partial charge is 0.109 e. The first-order valence-corrected chi connectivity index (χ1v) is 7.79. The molecule has 19 heavy (non-hydrogen) atoms. The number of hydrogen-bond acceptors (Lipinski definition) is 2. The summed E-state index contributed by atoms with van der Waals surface area (Å²) in [5, 5.41) is 7.00. The monoisotopic (exact) mass is 266 g/mol. The summed E-state index contributed by atoms with van der Waals surface area (Å²) in [6, 6.07) is 0. The third kappa shape index (κ3) is 4.64. The first-order chi connectivity index (χ1) is 9.35. The summed E-state index contributed by atoms with van der Waals surface area (Å²) in [7, 11) is 1.00. The Labute approximate surface area is 117 Å². The van der Waals surface area contributed by atoms with Crippen LogP contribution in [0, 0.1) is 11.8 Å². The molecule has 1 heterocycles. The number of nitrogens with one attached hydrogen (secondary N) is 1. The van der Waals surface area contributed by atoms with Crippen molar-refractivity contribution in [3.63, 3.8) is 0 Å². The molecule has 2 atom stereocenters. The number of rotatable bonds is 6. The summed E-state index contributed by atoms with van der Waals surface area (Å²) < 4.78 is 0. The Hall–Kier alpha value is -0.830. The fourth-order valence-corrected chi connectivity index (χ4v) is 3.37. The van der Waals surface area contributed by atoms with Crippen LogP contribution in [0.5, 0.6) is 0 Å². The van der Waals surface area contributed by atoms with E-state index in [0.717, 1.165) is 18.9 Å². The molecule has 2 N–H and O–H groups in total. The number of aliphatic hydroxyl groups excluding tert-OH is 1. The van der Waals surface area contributed by atoms with Crippen LogP contribution in [-0.4, -0.2) is 22.2 Å². The highest BCUT2D eigenvalue weighted by Crippen LogP contribution is 2.41. The quantitative estimate of drug-likeness (QED) is 0.813. The van der Waals surface area contributed by atoms with Gasteiger partial charge in [0.25, 0.3) is 0 Å². The molecule has 1 aliphatic carbocycles. The van der Waals surface area contributed by atoms with Gasteiger partial charge >= 0.3 is 0 Å². The highest BCUT2D eigenvalue weighted by atomic mass is 16.2.